The number of hydrogen-bond acceptors (Lipinski definition) is 3. The molecule has 152 valence electrons. The van der Waals surface area contributed by atoms with Crippen molar-refractivity contribution in [3.8, 4) is 5.75 Å². The van der Waals surface area contributed by atoms with E-state index in [1.807, 2.05) is 4.90 Å². The fourth-order valence-electron chi connectivity index (χ4n) is 6.59. The molecule has 6 rings (SSSR count). The quantitative estimate of drug-likeness (QED) is 0.722. The van der Waals surface area contributed by atoms with Crippen molar-refractivity contribution in [3.63, 3.8) is 0 Å². The van der Waals surface area contributed by atoms with Crippen molar-refractivity contribution in [1.82, 2.24) is 9.80 Å². The molecule has 0 spiro atoms. The number of halogens is 2. The molecule has 1 aliphatic heterocycles. The van der Waals surface area contributed by atoms with Gasteiger partial charge in [0, 0.05) is 37.2 Å². The Morgan fingerprint density at radius 2 is 1.61 bits per heavy atom. The number of ether oxygens (including phenoxy) is 1. The van der Waals surface area contributed by atoms with Crippen molar-refractivity contribution in [1.29, 1.82) is 0 Å². The Labute approximate surface area is 177 Å². The second-order valence-electron chi connectivity index (χ2n) is 9.20. The molecule has 5 fully saturated rings. The van der Waals surface area contributed by atoms with Crippen LogP contribution in [0.3, 0.4) is 0 Å². The van der Waals surface area contributed by atoms with Crippen molar-refractivity contribution in [2.75, 3.05) is 32.8 Å². The molecular formula is C22H28Cl2N2O2. The van der Waals surface area contributed by atoms with Crippen LogP contribution in [0.25, 0.3) is 0 Å². The first-order valence-electron chi connectivity index (χ1n) is 10.7. The summed E-state index contributed by atoms with van der Waals surface area (Å²) < 4.78 is 5.63. The average Bonchev–Trinajstić information content (AvgIpc) is 2.67. The number of benzene rings is 1. The zero-order valence-electron chi connectivity index (χ0n) is 16.2. The van der Waals surface area contributed by atoms with Crippen LogP contribution in [0.1, 0.15) is 32.1 Å². The van der Waals surface area contributed by atoms with E-state index in [2.05, 4.69) is 4.90 Å². The third-order valence-corrected chi connectivity index (χ3v) is 8.04. The van der Waals surface area contributed by atoms with Crippen LogP contribution in [0.15, 0.2) is 18.2 Å². The number of hydrogen-bond donors (Lipinski definition) is 0. The predicted molar refractivity (Wildman–Crippen MR) is 111 cm³/mol. The molecule has 6 heteroatoms. The molecule has 1 heterocycles. The number of amides is 1. The summed E-state index contributed by atoms with van der Waals surface area (Å²) in [6, 6.07) is 5.83. The molecule has 1 saturated heterocycles. The topological polar surface area (TPSA) is 32.8 Å². The summed E-state index contributed by atoms with van der Waals surface area (Å²) in [5, 5.41) is 0.997. The molecule has 28 heavy (non-hydrogen) atoms. The van der Waals surface area contributed by atoms with Crippen LogP contribution in [-0.4, -0.2) is 54.5 Å². The normalized spacial score (nSPS) is 34.6. The van der Waals surface area contributed by atoms with Gasteiger partial charge in [-0.3, -0.25) is 9.69 Å². The first kappa shape index (κ1) is 19.0. The summed E-state index contributed by atoms with van der Waals surface area (Å²) in [5.74, 6) is 4.39. The first-order valence-corrected chi connectivity index (χ1v) is 11.4. The zero-order valence-corrected chi connectivity index (χ0v) is 17.7. The molecular weight excluding hydrogens is 395 g/mol. The van der Waals surface area contributed by atoms with Crippen LogP contribution >= 0.6 is 23.2 Å². The maximum Gasteiger partial charge on any atom is 0.260 e. The Morgan fingerprint density at radius 3 is 2.21 bits per heavy atom. The van der Waals surface area contributed by atoms with Gasteiger partial charge in [0.2, 0.25) is 0 Å². The second kappa shape index (κ2) is 7.70. The van der Waals surface area contributed by atoms with Gasteiger partial charge in [0.15, 0.2) is 6.61 Å². The van der Waals surface area contributed by atoms with Crippen LogP contribution in [0.4, 0.5) is 0 Å². The molecule has 0 unspecified atom stereocenters. The largest absolute Gasteiger partial charge is 0.482 e. The third-order valence-electron chi connectivity index (χ3n) is 7.51. The molecule has 1 aromatic rings. The minimum atomic E-state index is 0.0272. The number of rotatable bonds is 4. The van der Waals surface area contributed by atoms with Crippen molar-refractivity contribution in [3.05, 3.63) is 28.2 Å². The summed E-state index contributed by atoms with van der Waals surface area (Å²) in [5.41, 5.74) is 0. The highest BCUT2D eigenvalue weighted by Gasteiger charge is 2.50. The molecule has 1 aromatic carbocycles. The van der Waals surface area contributed by atoms with E-state index >= 15 is 0 Å². The number of carbonyl (C=O) groups excluding carboxylic acids is 1. The van der Waals surface area contributed by atoms with Gasteiger partial charge in [0.1, 0.15) is 5.75 Å². The minimum Gasteiger partial charge on any atom is -0.482 e. The molecule has 4 aliphatic carbocycles. The molecule has 5 aliphatic rings. The second-order valence-corrected chi connectivity index (χ2v) is 10.0. The minimum absolute atomic E-state index is 0.0272. The molecule has 4 nitrogen and oxygen atoms in total. The van der Waals surface area contributed by atoms with Crippen LogP contribution in [0, 0.1) is 23.7 Å². The van der Waals surface area contributed by atoms with E-state index in [0.29, 0.717) is 15.8 Å². The van der Waals surface area contributed by atoms with Gasteiger partial charge in [0.25, 0.3) is 5.91 Å². The van der Waals surface area contributed by atoms with Crippen molar-refractivity contribution in [2.45, 2.75) is 38.1 Å². The van der Waals surface area contributed by atoms with E-state index in [0.717, 1.165) is 55.9 Å². The van der Waals surface area contributed by atoms with E-state index in [4.69, 9.17) is 27.9 Å². The lowest BCUT2D eigenvalue weighted by atomic mass is 9.54. The number of carbonyl (C=O) groups is 1. The number of piperazine rings is 1. The molecule has 0 N–H and O–H groups in total. The number of nitrogens with zero attached hydrogens (tertiary/aromatic N) is 2. The highest BCUT2D eigenvalue weighted by molar-refractivity contribution is 6.35. The maximum atomic E-state index is 12.6. The maximum absolute atomic E-state index is 12.6. The lowest BCUT2D eigenvalue weighted by Gasteiger charge is -2.58. The Bertz CT molecular complexity index is 720. The van der Waals surface area contributed by atoms with Gasteiger partial charge in [-0.25, -0.2) is 0 Å². The fourth-order valence-corrected chi connectivity index (χ4v) is 7.05. The van der Waals surface area contributed by atoms with Crippen molar-refractivity contribution in [2.24, 2.45) is 23.7 Å². The van der Waals surface area contributed by atoms with E-state index in [9.17, 15) is 4.79 Å². The lowest BCUT2D eigenvalue weighted by Crippen LogP contribution is -2.60. The van der Waals surface area contributed by atoms with Gasteiger partial charge < -0.3 is 9.64 Å². The Balaban J connectivity index is 1.13. The monoisotopic (exact) mass is 422 g/mol. The zero-order chi connectivity index (χ0) is 19.3. The van der Waals surface area contributed by atoms with Crippen LogP contribution in [0.5, 0.6) is 5.75 Å². The summed E-state index contributed by atoms with van der Waals surface area (Å²) in [4.78, 5) is 17.2. The standard InChI is InChI=1S/C22H28Cl2N2O2/c23-18-1-2-20(19(24)12-18)28-13-21(27)25-3-5-26(6-4-25)22-16-8-14-7-15(10-16)11-17(22)9-14/h1-2,12,14-17,22H,3-11,13H2. The van der Waals surface area contributed by atoms with E-state index in [1.54, 1.807) is 18.2 Å². The van der Waals surface area contributed by atoms with E-state index in [-0.39, 0.29) is 12.5 Å². The summed E-state index contributed by atoms with van der Waals surface area (Å²) in [6.45, 7) is 3.64. The van der Waals surface area contributed by atoms with Crippen LogP contribution < -0.4 is 4.74 Å². The van der Waals surface area contributed by atoms with E-state index < -0.39 is 0 Å². The van der Waals surface area contributed by atoms with Gasteiger partial charge in [-0.1, -0.05) is 23.2 Å². The first-order chi connectivity index (χ1) is 13.6. The summed E-state index contributed by atoms with van der Waals surface area (Å²) in [7, 11) is 0. The van der Waals surface area contributed by atoms with Crippen LogP contribution in [0.2, 0.25) is 10.0 Å². The Morgan fingerprint density at radius 1 is 0.964 bits per heavy atom. The molecule has 4 bridgehead atoms. The molecule has 0 atom stereocenters. The van der Waals surface area contributed by atoms with Gasteiger partial charge in [-0.15, -0.1) is 0 Å². The molecule has 0 aromatic heterocycles. The average molecular weight is 423 g/mol. The molecule has 4 saturated carbocycles. The van der Waals surface area contributed by atoms with Gasteiger partial charge in [-0.2, -0.15) is 0 Å². The lowest BCUT2D eigenvalue weighted by molar-refractivity contribution is -0.137. The molecule has 0 radical (unpaired) electrons. The summed E-state index contributed by atoms with van der Waals surface area (Å²) >= 11 is 12.0. The highest BCUT2D eigenvalue weighted by atomic mass is 35.5. The molecule has 1 amide bonds. The van der Waals surface area contributed by atoms with Gasteiger partial charge in [0.05, 0.1) is 5.02 Å². The van der Waals surface area contributed by atoms with Gasteiger partial charge in [-0.05, 0) is 74.0 Å². The van der Waals surface area contributed by atoms with E-state index in [1.165, 1.54) is 32.1 Å². The highest BCUT2D eigenvalue weighted by Crippen LogP contribution is 2.55. The van der Waals surface area contributed by atoms with Crippen LogP contribution in [-0.2, 0) is 4.79 Å². The summed E-state index contributed by atoms with van der Waals surface area (Å²) in [6.07, 6.45) is 7.30. The Kier molecular flexibility index (Phi) is 5.23. The van der Waals surface area contributed by atoms with Gasteiger partial charge >= 0.3 is 0 Å². The SMILES string of the molecule is O=C(COc1ccc(Cl)cc1Cl)N1CCN(C2C3CC4CC(C3)CC2C4)CC1. The predicted octanol–water partition coefficient (Wildman–Crippen LogP) is 4.34. The smallest absolute Gasteiger partial charge is 0.260 e. The Hall–Kier alpha value is -0.970. The third kappa shape index (κ3) is 3.64. The van der Waals surface area contributed by atoms with Crippen molar-refractivity contribution < 1.29 is 9.53 Å². The van der Waals surface area contributed by atoms with Crippen molar-refractivity contribution >= 4 is 29.1 Å². The fraction of sp³-hybridized carbons (Fsp3) is 0.682.